The Morgan fingerprint density at radius 1 is 1.40 bits per heavy atom. The third-order valence-electron chi connectivity index (χ3n) is 3.43. The standard InChI is InChI=1S/C15H32N2O3/c1-6-16-15(4,14(18)19)8-7-9-17(10-11-20-5)12-13(2)3/h13,16H,6-12H2,1-5H3,(H,18,19). The molecular formula is C15H32N2O3. The van der Waals surface area contributed by atoms with Gasteiger partial charge in [-0.15, -0.1) is 0 Å². The highest BCUT2D eigenvalue weighted by Crippen LogP contribution is 2.13. The number of carboxylic acid groups (broad SMARTS) is 1. The Morgan fingerprint density at radius 3 is 2.50 bits per heavy atom. The number of carboxylic acids is 1. The molecule has 1 unspecified atom stereocenters. The Kier molecular flexibility index (Phi) is 9.80. The molecule has 5 nitrogen and oxygen atoms in total. The minimum absolute atomic E-state index is 0.603. The van der Waals surface area contributed by atoms with Gasteiger partial charge in [0, 0.05) is 20.2 Å². The largest absolute Gasteiger partial charge is 0.480 e. The van der Waals surface area contributed by atoms with Crippen molar-refractivity contribution in [3.63, 3.8) is 0 Å². The number of rotatable bonds is 12. The molecule has 0 aromatic carbocycles. The second-order valence-corrected chi connectivity index (χ2v) is 5.96. The average molecular weight is 288 g/mol. The van der Waals surface area contributed by atoms with E-state index in [-0.39, 0.29) is 0 Å². The molecule has 0 aliphatic carbocycles. The van der Waals surface area contributed by atoms with Crippen molar-refractivity contribution in [2.24, 2.45) is 5.92 Å². The third kappa shape index (κ3) is 7.82. The van der Waals surface area contributed by atoms with Gasteiger partial charge in [-0.25, -0.2) is 0 Å². The van der Waals surface area contributed by atoms with Crippen LogP contribution in [0.1, 0.15) is 40.5 Å². The van der Waals surface area contributed by atoms with E-state index in [1.807, 2.05) is 6.92 Å². The van der Waals surface area contributed by atoms with Crippen LogP contribution in [0, 0.1) is 5.92 Å². The van der Waals surface area contributed by atoms with E-state index in [9.17, 15) is 9.90 Å². The number of hydrogen-bond acceptors (Lipinski definition) is 4. The molecule has 0 fully saturated rings. The lowest BCUT2D eigenvalue weighted by atomic mass is 9.95. The number of likely N-dealkylation sites (N-methyl/N-ethyl adjacent to an activating group) is 1. The number of aliphatic carboxylic acids is 1. The predicted molar refractivity (Wildman–Crippen MR) is 82.1 cm³/mol. The third-order valence-corrected chi connectivity index (χ3v) is 3.43. The van der Waals surface area contributed by atoms with Gasteiger partial charge in [-0.05, 0) is 38.8 Å². The zero-order valence-corrected chi connectivity index (χ0v) is 13.7. The zero-order valence-electron chi connectivity index (χ0n) is 13.7. The van der Waals surface area contributed by atoms with Gasteiger partial charge in [0.15, 0.2) is 0 Å². The number of nitrogens with one attached hydrogen (secondary N) is 1. The molecular weight excluding hydrogens is 256 g/mol. The second-order valence-electron chi connectivity index (χ2n) is 5.96. The molecule has 0 aromatic heterocycles. The highest BCUT2D eigenvalue weighted by Gasteiger charge is 2.31. The molecule has 0 aromatic rings. The quantitative estimate of drug-likeness (QED) is 0.573. The van der Waals surface area contributed by atoms with Crippen LogP contribution in [0.25, 0.3) is 0 Å². The lowest BCUT2D eigenvalue weighted by Gasteiger charge is -2.28. The number of carbonyl (C=O) groups is 1. The van der Waals surface area contributed by atoms with E-state index in [2.05, 4.69) is 24.1 Å². The number of nitrogens with zero attached hydrogens (tertiary/aromatic N) is 1. The van der Waals surface area contributed by atoms with Crippen molar-refractivity contribution in [2.75, 3.05) is 39.9 Å². The molecule has 0 spiro atoms. The summed E-state index contributed by atoms with van der Waals surface area (Å²) in [7, 11) is 1.71. The molecule has 0 aliphatic heterocycles. The van der Waals surface area contributed by atoms with E-state index in [1.165, 1.54) is 0 Å². The van der Waals surface area contributed by atoms with Gasteiger partial charge >= 0.3 is 5.97 Å². The van der Waals surface area contributed by atoms with E-state index < -0.39 is 11.5 Å². The topological polar surface area (TPSA) is 61.8 Å². The first-order valence-electron chi connectivity index (χ1n) is 7.55. The van der Waals surface area contributed by atoms with Gasteiger partial charge in [-0.1, -0.05) is 20.8 Å². The van der Waals surface area contributed by atoms with Crippen LogP contribution in [0.4, 0.5) is 0 Å². The fraction of sp³-hybridized carbons (Fsp3) is 0.933. The van der Waals surface area contributed by atoms with Gasteiger partial charge < -0.3 is 20.1 Å². The molecule has 0 saturated carbocycles. The smallest absolute Gasteiger partial charge is 0.323 e. The number of methoxy groups -OCH3 is 1. The summed E-state index contributed by atoms with van der Waals surface area (Å²) in [5.74, 6) is -0.168. The predicted octanol–water partition coefficient (Wildman–Crippen LogP) is 1.82. The lowest BCUT2D eigenvalue weighted by molar-refractivity contribution is -0.144. The second kappa shape index (κ2) is 10.1. The molecule has 5 heteroatoms. The fourth-order valence-corrected chi connectivity index (χ4v) is 2.35. The van der Waals surface area contributed by atoms with Crippen molar-refractivity contribution in [1.82, 2.24) is 10.2 Å². The van der Waals surface area contributed by atoms with Crippen LogP contribution in [0.3, 0.4) is 0 Å². The molecule has 0 bridgehead atoms. The minimum atomic E-state index is -0.820. The summed E-state index contributed by atoms with van der Waals surface area (Å²) in [5, 5.41) is 12.4. The first-order valence-corrected chi connectivity index (χ1v) is 7.55. The van der Waals surface area contributed by atoms with Gasteiger partial charge in [0.1, 0.15) is 5.54 Å². The average Bonchev–Trinajstić information content (AvgIpc) is 2.35. The van der Waals surface area contributed by atoms with Crippen molar-refractivity contribution >= 4 is 5.97 Å². The maximum Gasteiger partial charge on any atom is 0.323 e. The Bertz CT molecular complexity index is 272. The van der Waals surface area contributed by atoms with E-state index in [0.717, 1.165) is 32.7 Å². The summed E-state index contributed by atoms with van der Waals surface area (Å²) in [4.78, 5) is 13.7. The maximum atomic E-state index is 11.3. The Morgan fingerprint density at radius 2 is 2.05 bits per heavy atom. The molecule has 0 heterocycles. The van der Waals surface area contributed by atoms with E-state index in [1.54, 1.807) is 14.0 Å². The van der Waals surface area contributed by atoms with Crippen molar-refractivity contribution in [3.8, 4) is 0 Å². The highest BCUT2D eigenvalue weighted by molar-refractivity contribution is 5.78. The number of ether oxygens (including phenoxy) is 1. The van der Waals surface area contributed by atoms with Crippen LogP contribution < -0.4 is 5.32 Å². The van der Waals surface area contributed by atoms with Crippen molar-refractivity contribution in [3.05, 3.63) is 0 Å². The van der Waals surface area contributed by atoms with Crippen molar-refractivity contribution in [2.45, 2.75) is 46.1 Å². The van der Waals surface area contributed by atoms with Crippen LogP contribution in [-0.2, 0) is 9.53 Å². The van der Waals surface area contributed by atoms with Crippen LogP contribution in [0.15, 0.2) is 0 Å². The maximum absolute atomic E-state index is 11.3. The zero-order chi connectivity index (χ0) is 15.6. The highest BCUT2D eigenvalue weighted by atomic mass is 16.5. The van der Waals surface area contributed by atoms with E-state index in [0.29, 0.717) is 18.9 Å². The fourth-order valence-electron chi connectivity index (χ4n) is 2.35. The summed E-state index contributed by atoms with van der Waals surface area (Å²) < 4.78 is 5.13. The molecule has 0 saturated heterocycles. The van der Waals surface area contributed by atoms with Gasteiger partial charge in [0.25, 0.3) is 0 Å². The van der Waals surface area contributed by atoms with Gasteiger partial charge in [-0.3, -0.25) is 4.79 Å². The Balaban J connectivity index is 4.28. The number of hydrogen-bond donors (Lipinski definition) is 2. The minimum Gasteiger partial charge on any atom is -0.480 e. The van der Waals surface area contributed by atoms with E-state index >= 15 is 0 Å². The van der Waals surface area contributed by atoms with Crippen molar-refractivity contribution < 1.29 is 14.6 Å². The summed E-state index contributed by atoms with van der Waals surface area (Å²) in [6, 6.07) is 0. The Hall–Kier alpha value is -0.650. The first-order chi connectivity index (χ1) is 9.35. The van der Waals surface area contributed by atoms with Gasteiger partial charge in [-0.2, -0.15) is 0 Å². The SMILES string of the molecule is CCNC(C)(CCCN(CCOC)CC(C)C)C(=O)O. The van der Waals surface area contributed by atoms with Gasteiger partial charge in [0.2, 0.25) is 0 Å². The Labute approximate surface area is 123 Å². The molecule has 0 amide bonds. The monoisotopic (exact) mass is 288 g/mol. The first kappa shape index (κ1) is 19.4. The summed E-state index contributed by atoms with van der Waals surface area (Å²) >= 11 is 0. The normalized spacial score (nSPS) is 14.8. The van der Waals surface area contributed by atoms with Crippen molar-refractivity contribution in [1.29, 1.82) is 0 Å². The summed E-state index contributed by atoms with van der Waals surface area (Å²) in [5.41, 5.74) is -0.820. The van der Waals surface area contributed by atoms with Crippen LogP contribution in [-0.4, -0.2) is 61.4 Å². The lowest BCUT2D eigenvalue weighted by Crippen LogP contribution is -2.49. The van der Waals surface area contributed by atoms with Crippen LogP contribution >= 0.6 is 0 Å². The van der Waals surface area contributed by atoms with E-state index in [4.69, 9.17) is 4.74 Å². The summed E-state index contributed by atoms with van der Waals surface area (Å²) in [6.45, 7) is 12.3. The van der Waals surface area contributed by atoms with Crippen LogP contribution in [0.2, 0.25) is 0 Å². The summed E-state index contributed by atoms with van der Waals surface area (Å²) in [6.07, 6.45) is 1.50. The molecule has 2 N–H and O–H groups in total. The molecule has 0 radical (unpaired) electrons. The molecule has 0 rings (SSSR count). The van der Waals surface area contributed by atoms with Crippen LogP contribution in [0.5, 0.6) is 0 Å². The molecule has 1 atom stereocenters. The molecule has 0 aliphatic rings. The van der Waals surface area contributed by atoms with Gasteiger partial charge in [0.05, 0.1) is 6.61 Å². The molecule has 20 heavy (non-hydrogen) atoms. The molecule has 120 valence electrons.